The average molecular weight is 187 g/mol. The molecule has 0 unspecified atom stereocenters. The molecular weight excluding hydrogens is 170 g/mol. The van der Waals surface area contributed by atoms with Gasteiger partial charge in [0.05, 0.1) is 0 Å². The smallest absolute Gasteiger partial charge is 0.243 e. The Kier molecular flexibility index (Phi) is 8.34. The van der Waals surface area contributed by atoms with Crippen LogP contribution < -0.4 is 5.32 Å². The standard InChI is InChI=1S/C9H17NOS/c1-3-7-12-8-5-6-10-9(11)4-2/h4H,2-3,5-8H2,1H3,(H,10,11). The van der Waals surface area contributed by atoms with Crippen LogP contribution in [0.25, 0.3) is 0 Å². The lowest BCUT2D eigenvalue weighted by Crippen LogP contribution is -2.22. The third-order valence-electron chi connectivity index (χ3n) is 1.30. The molecule has 0 aromatic rings. The lowest BCUT2D eigenvalue weighted by atomic mass is 10.4. The fraction of sp³-hybridized carbons (Fsp3) is 0.667. The van der Waals surface area contributed by atoms with Crippen molar-refractivity contribution in [2.24, 2.45) is 0 Å². The van der Waals surface area contributed by atoms with E-state index in [0.717, 1.165) is 18.7 Å². The van der Waals surface area contributed by atoms with Crippen LogP contribution in [0, 0.1) is 0 Å². The van der Waals surface area contributed by atoms with Crippen LogP contribution in [0.4, 0.5) is 0 Å². The Labute approximate surface area is 78.8 Å². The van der Waals surface area contributed by atoms with E-state index in [1.165, 1.54) is 18.2 Å². The van der Waals surface area contributed by atoms with E-state index in [1.807, 2.05) is 11.8 Å². The zero-order valence-corrected chi connectivity index (χ0v) is 8.45. The highest BCUT2D eigenvalue weighted by Crippen LogP contribution is 2.02. The summed E-state index contributed by atoms with van der Waals surface area (Å²) in [6.07, 6.45) is 3.58. The highest BCUT2D eigenvalue weighted by atomic mass is 32.2. The second kappa shape index (κ2) is 8.65. The van der Waals surface area contributed by atoms with Crippen molar-refractivity contribution in [1.29, 1.82) is 0 Å². The first-order valence-electron chi connectivity index (χ1n) is 4.29. The predicted molar refractivity (Wildman–Crippen MR) is 55.4 cm³/mol. The molecule has 0 saturated carbocycles. The Hall–Kier alpha value is -0.440. The van der Waals surface area contributed by atoms with Crippen LogP contribution in [0.3, 0.4) is 0 Å². The SMILES string of the molecule is C=CC(=O)NCCCSCCC. The van der Waals surface area contributed by atoms with Gasteiger partial charge in [-0.15, -0.1) is 0 Å². The molecule has 0 spiro atoms. The molecule has 1 N–H and O–H groups in total. The van der Waals surface area contributed by atoms with Gasteiger partial charge in [0.1, 0.15) is 0 Å². The van der Waals surface area contributed by atoms with Crippen LogP contribution in [-0.2, 0) is 4.79 Å². The predicted octanol–water partition coefficient (Wildman–Crippen LogP) is 1.82. The first-order valence-corrected chi connectivity index (χ1v) is 5.44. The molecule has 70 valence electrons. The summed E-state index contributed by atoms with van der Waals surface area (Å²) in [4.78, 5) is 10.7. The van der Waals surface area contributed by atoms with E-state index in [4.69, 9.17) is 0 Å². The minimum Gasteiger partial charge on any atom is -0.353 e. The van der Waals surface area contributed by atoms with Crippen molar-refractivity contribution >= 4 is 17.7 Å². The summed E-state index contributed by atoms with van der Waals surface area (Å²) in [5, 5.41) is 2.74. The number of carbonyl (C=O) groups is 1. The summed E-state index contributed by atoms with van der Waals surface area (Å²) < 4.78 is 0. The molecule has 0 heterocycles. The van der Waals surface area contributed by atoms with E-state index in [2.05, 4.69) is 18.8 Å². The molecule has 3 heteroatoms. The molecule has 1 amide bonds. The van der Waals surface area contributed by atoms with Crippen molar-refractivity contribution in [2.75, 3.05) is 18.1 Å². The van der Waals surface area contributed by atoms with Crippen molar-refractivity contribution in [1.82, 2.24) is 5.32 Å². The van der Waals surface area contributed by atoms with Crippen LogP contribution in [0.2, 0.25) is 0 Å². The van der Waals surface area contributed by atoms with Crippen LogP contribution in [-0.4, -0.2) is 24.0 Å². The highest BCUT2D eigenvalue weighted by Gasteiger charge is 1.92. The number of hydrogen-bond donors (Lipinski definition) is 1. The van der Waals surface area contributed by atoms with Gasteiger partial charge in [-0.2, -0.15) is 11.8 Å². The Balaban J connectivity index is 3.00. The molecule has 0 aliphatic heterocycles. The van der Waals surface area contributed by atoms with Crippen molar-refractivity contribution < 1.29 is 4.79 Å². The third kappa shape index (κ3) is 7.66. The molecule has 0 aliphatic carbocycles. The lowest BCUT2D eigenvalue weighted by molar-refractivity contribution is -0.116. The molecule has 0 rings (SSSR count). The summed E-state index contributed by atoms with van der Waals surface area (Å²) in [6, 6.07) is 0. The van der Waals surface area contributed by atoms with E-state index in [9.17, 15) is 4.79 Å². The van der Waals surface area contributed by atoms with Gasteiger partial charge >= 0.3 is 0 Å². The molecule has 2 nitrogen and oxygen atoms in total. The number of carbonyl (C=O) groups excluding carboxylic acids is 1. The maximum atomic E-state index is 10.7. The molecular formula is C9H17NOS. The second-order valence-electron chi connectivity index (χ2n) is 2.46. The van der Waals surface area contributed by atoms with Crippen LogP contribution in [0.1, 0.15) is 19.8 Å². The molecule has 0 aliphatic rings. The van der Waals surface area contributed by atoms with Gasteiger partial charge in [-0.1, -0.05) is 13.5 Å². The summed E-state index contributed by atoms with van der Waals surface area (Å²) in [6.45, 7) is 6.31. The van der Waals surface area contributed by atoms with Gasteiger partial charge in [-0.05, 0) is 30.4 Å². The maximum absolute atomic E-state index is 10.7. The van der Waals surface area contributed by atoms with Crippen LogP contribution in [0.15, 0.2) is 12.7 Å². The molecule has 0 atom stereocenters. The molecule has 0 fully saturated rings. The minimum absolute atomic E-state index is 0.0736. The zero-order valence-electron chi connectivity index (χ0n) is 7.64. The zero-order chi connectivity index (χ0) is 9.23. The van der Waals surface area contributed by atoms with E-state index < -0.39 is 0 Å². The molecule has 12 heavy (non-hydrogen) atoms. The van der Waals surface area contributed by atoms with Gasteiger partial charge in [-0.25, -0.2) is 0 Å². The number of thioether (sulfide) groups is 1. The summed E-state index contributed by atoms with van der Waals surface area (Å²) in [5.74, 6) is 2.27. The van der Waals surface area contributed by atoms with Gasteiger partial charge in [0.15, 0.2) is 0 Å². The largest absolute Gasteiger partial charge is 0.353 e. The highest BCUT2D eigenvalue weighted by molar-refractivity contribution is 7.99. The minimum atomic E-state index is -0.0736. The molecule has 0 aromatic carbocycles. The lowest BCUT2D eigenvalue weighted by Gasteiger charge is -2.01. The van der Waals surface area contributed by atoms with Crippen molar-refractivity contribution in [3.8, 4) is 0 Å². The fourth-order valence-electron chi connectivity index (χ4n) is 0.704. The second-order valence-corrected chi connectivity index (χ2v) is 3.69. The average Bonchev–Trinajstić information content (AvgIpc) is 2.10. The Bertz CT molecular complexity index is 136. The van der Waals surface area contributed by atoms with Crippen LogP contribution in [0.5, 0.6) is 0 Å². The fourth-order valence-corrected chi connectivity index (χ4v) is 1.55. The van der Waals surface area contributed by atoms with E-state index in [0.29, 0.717) is 0 Å². The van der Waals surface area contributed by atoms with Gasteiger partial charge in [0.25, 0.3) is 0 Å². The monoisotopic (exact) mass is 187 g/mol. The number of amides is 1. The van der Waals surface area contributed by atoms with E-state index in [1.54, 1.807) is 0 Å². The van der Waals surface area contributed by atoms with E-state index >= 15 is 0 Å². The molecule has 0 aromatic heterocycles. The Morgan fingerprint density at radius 2 is 2.33 bits per heavy atom. The summed E-state index contributed by atoms with van der Waals surface area (Å²) in [7, 11) is 0. The third-order valence-corrected chi connectivity index (χ3v) is 2.57. The van der Waals surface area contributed by atoms with Gasteiger partial charge < -0.3 is 5.32 Å². The number of nitrogens with one attached hydrogen (secondary N) is 1. The number of hydrogen-bond acceptors (Lipinski definition) is 2. The first kappa shape index (κ1) is 11.6. The van der Waals surface area contributed by atoms with Crippen molar-refractivity contribution in [2.45, 2.75) is 19.8 Å². The van der Waals surface area contributed by atoms with Gasteiger partial charge in [0, 0.05) is 6.54 Å². The van der Waals surface area contributed by atoms with Crippen LogP contribution >= 0.6 is 11.8 Å². The van der Waals surface area contributed by atoms with Crippen molar-refractivity contribution in [3.05, 3.63) is 12.7 Å². The van der Waals surface area contributed by atoms with Crippen molar-refractivity contribution in [3.63, 3.8) is 0 Å². The summed E-state index contributed by atoms with van der Waals surface area (Å²) >= 11 is 1.94. The normalized spacial score (nSPS) is 9.42. The summed E-state index contributed by atoms with van der Waals surface area (Å²) in [5.41, 5.74) is 0. The topological polar surface area (TPSA) is 29.1 Å². The van der Waals surface area contributed by atoms with E-state index in [-0.39, 0.29) is 5.91 Å². The number of rotatable bonds is 7. The molecule has 0 saturated heterocycles. The first-order chi connectivity index (χ1) is 5.81. The quantitative estimate of drug-likeness (QED) is 0.486. The van der Waals surface area contributed by atoms with Gasteiger partial charge in [0.2, 0.25) is 5.91 Å². The maximum Gasteiger partial charge on any atom is 0.243 e. The molecule has 0 bridgehead atoms. The molecule has 0 radical (unpaired) electrons. The van der Waals surface area contributed by atoms with Gasteiger partial charge in [-0.3, -0.25) is 4.79 Å². The Morgan fingerprint density at radius 1 is 1.58 bits per heavy atom. The Morgan fingerprint density at radius 3 is 2.92 bits per heavy atom.